The van der Waals surface area contributed by atoms with Gasteiger partial charge in [-0.05, 0) is 37.5 Å². The molecule has 1 aromatic carbocycles. The van der Waals surface area contributed by atoms with Gasteiger partial charge in [0, 0.05) is 19.3 Å². The fourth-order valence-electron chi connectivity index (χ4n) is 3.23. The van der Waals surface area contributed by atoms with Gasteiger partial charge in [-0.15, -0.1) is 11.3 Å². The molecule has 2 N–H and O–H groups in total. The Morgan fingerprint density at radius 3 is 3.27 bits per heavy atom. The van der Waals surface area contributed by atoms with E-state index in [4.69, 9.17) is 4.74 Å². The maximum atomic E-state index is 12.9. The molecule has 1 aliphatic heterocycles. The highest BCUT2D eigenvalue weighted by Crippen LogP contribution is 2.30. The number of methoxy groups -OCH3 is 1. The van der Waals surface area contributed by atoms with E-state index in [1.807, 2.05) is 23.1 Å². The zero-order chi connectivity index (χ0) is 17.9. The number of H-pyrrole nitrogens is 1. The molecule has 0 radical (unpaired) electrons. The van der Waals surface area contributed by atoms with Crippen LogP contribution in [0.1, 0.15) is 37.0 Å². The molecule has 3 aromatic rings. The summed E-state index contributed by atoms with van der Waals surface area (Å²) in [5, 5.41) is 10.2. The Balaban J connectivity index is 1.51. The molecule has 9 heteroatoms. The van der Waals surface area contributed by atoms with Crippen molar-refractivity contribution in [2.24, 2.45) is 0 Å². The Morgan fingerprint density at radius 2 is 2.38 bits per heavy atom. The maximum Gasteiger partial charge on any atom is 0.322 e. The van der Waals surface area contributed by atoms with Crippen LogP contribution in [-0.2, 0) is 11.3 Å². The average molecular weight is 372 g/mol. The van der Waals surface area contributed by atoms with Crippen molar-refractivity contribution in [2.45, 2.75) is 31.9 Å². The minimum Gasteiger partial charge on any atom is -0.377 e. The standard InChI is InChI=1S/C17H20N6O2S/c1-25-9-15-20-16(22-21-15)13-4-2-3-7-23(13)17(24)19-11-5-6-12-14(8-11)26-10-18-12/h5-6,8,10,13H,2-4,7,9H2,1H3,(H,19,24)(H,20,21,22). The smallest absolute Gasteiger partial charge is 0.322 e. The van der Waals surface area contributed by atoms with Crippen LogP contribution in [0.5, 0.6) is 0 Å². The van der Waals surface area contributed by atoms with Gasteiger partial charge in [-0.1, -0.05) is 0 Å². The third kappa shape index (κ3) is 3.40. The van der Waals surface area contributed by atoms with Crippen molar-refractivity contribution in [1.29, 1.82) is 0 Å². The van der Waals surface area contributed by atoms with Gasteiger partial charge in [0.2, 0.25) is 0 Å². The number of likely N-dealkylation sites (tertiary alicyclic amines) is 1. The summed E-state index contributed by atoms with van der Waals surface area (Å²) < 4.78 is 6.13. The molecule has 8 nitrogen and oxygen atoms in total. The molecule has 2 amide bonds. The summed E-state index contributed by atoms with van der Waals surface area (Å²) in [5.41, 5.74) is 3.51. The zero-order valence-electron chi connectivity index (χ0n) is 14.4. The number of aromatic amines is 1. The highest BCUT2D eigenvalue weighted by Gasteiger charge is 2.31. The summed E-state index contributed by atoms with van der Waals surface area (Å²) in [6, 6.07) is 5.49. The number of anilines is 1. The molecular weight excluding hydrogens is 352 g/mol. The molecule has 0 bridgehead atoms. The molecule has 1 atom stereocenters. The monoisotopic (exact) mass is 372 g/mol. The van der Waals surface area contributed by atoms with Crippen LogP contribution in [0.25, 0.3) is 10.2 Å². The van der Waals surface area contributed by atoms with Crippen molar-refractivity contribution in [2.75, 3.05) is 19.0 Å². The van der Waals surface area contributed by atoms with Crippen LogP contribution in [0.3, 0.4) is 0 Å². The first-order chi connectivity index (χ1) is 12.7. The maximum absolute atomic E-state index is 12.9. The largest absolute Gasteiger partial charge is 0.377 e. The van der Waals surface area contributed by atoms with E-state index in [0.717, 1.165) is 35.2 Å². The molecule has 1 unspecified atom stereocenters. The lowest BCUT2D eigenvalue weighted by atomic mass is 10.0. The van der Waals surface area contributed by atoms with Crippen LogP contribution in [0.2, 0.25) is 0 Å². The molecule has 136 valence electrons. The number of nitrogens with one attached hydrogen (secondary N) is 2. The molecule has 1 aliphatic rings. The number of amides is 2. The number of benzene rings is 1. The lowest BCUT2D eigenvalue weighted by Gasteiger charge is -2.34. The van der Waals surface area contributed by atoms with E-state index >= 15 is 0 Å². The number of aromatic nitrogens is 4. The lowest BCUT2D eigenvalue weighted by molar-refractivity contribution is 0.159. The van der Waals surface area contributed by atoms with Gasteiger partial charge >= 0.3 is 6.03 Å². The van der Waals surface area contributed by atoms with Crippen molar-refractivity contribution in [3.05, 3.63) is 35.4 Å². The van der Waals surface area contributed by atoms with Crippen LogP contribution < -0.4 is 5.32 Å². The third-order valence-corrected chi connectivity index (χ3v) is 5.27. The summed E-state index contributed by atoms with van der Waals surface area (Å²) in [6.45, 7) is 1.06. The number of nitrogens with zero attached hydrogens (tertiary/aromatic N) is 4. The first-order valence-electron chi connectivity index (χ1n) is 8.55. The number of carbonyl (C=O) groups is 1. The first-order valence-corrected chi connectivity index (χ1v) is 9.43. The van der Waals surface area contributed by atoms with Crippen LogP contribution in [0.4, 0.5) is 10.5 Å². The van der Waals surface area contributed by atoms with Gasteiger partial charge in [0.15, 0.2) is 11.6 Å². The van der Waals surface area contributed by atoms with Gasteiger partial charge in [0.05, 0.1) is 21.8 Å². The minimum absolute atomic E-state index is 0.127. The van der Waals surface area contributed by atoms with E-state index < -0.39 is 0 Å². The summed E-state index contributed by atoms with van der Waals surface area (Å²) in [6.07, 6.45) is 2.88. The second-order valence-electron chi connectivity index (χ2n) is 6.24. The highest BCUT2D eigenvalue weighted by molar-refractivity contribution is 7.16. The quantitative estimate of drug-likeness (QED) is 0.732. The molecule has 0 aliphatic carbocycles. The lowest BCUT2D eigenvalue weighted by Crippen LogP contribution is -2.41. The summed E-state index contributed by atoms with van der Waals surface area (Å²) in [5.74, 6) is 1.31. The molecular formula is C17H20N6O2S. The van der Waals surface area contributed by atoms with Crippen LogP contribution >= 0.6 is 11.3 Å². The van der Waals surface area contributed by atoms with E-state index in [9.17, 15) is 4.79 Å². The van der Waals surface area contributed by atoms with Crippen molar-refractivity contribution in [3.63, 3.8) is 0 Å². The van der Waals surface area contributed by atoms with Gasteiger partial charge in [0.25, 0.3) is 0 Å². The molecule has 1 saturated heterocycles. The highest BCUT2D eigenvalue weighted by atomic mass is 32.1. The normalized spacial score (nSPS) is 17.6. The Morgan fingerprint density at radius 1 is 1.46 bits per heavy atom. The fourth-order valence-corrected chi connectivity index (χ4v) is 3.95. The SMILES string of the molecule is COCc1nc(C2CCCCN2C(=O)Nc2ccc3ncsc3c2)n[nH]1. The molecule has 26 heavy (non-hydrogen) atoms. The summed E-state index contributed by atoms with van der Waals surface area (Å²) in [4.78, 5) is 23.4. The Bertz CT molecular complexity index is 907. The van der Waals surface area contributed by atoms with E-state index in [2.05, 4.69) is 25.5 Å². The molecule has 3 heterocycles. The van der Waals surface area contributed by atoms with Crippen LogP contribution in [0.15, 0.2) is 23.7 Å². The summed E-state index contributed by atoms with van der Waals surface area (Å²) >= 11 is 1.56. The summed E-state index contributed by atoms with van der Waals surface area (Å²) in [7, 11) is 1.61. The number of hydrogen-bond acceptors (Lipinski definition) is 6. The Kier molecular flexibility index (Phi) is 4.81. The predicted octanol–water partition coefficient (Wildman–Crippen LogP) is 3.32. The Labute approximate surface area is 154 Å². The number of ether oxygens (including phenoxy) is 1. The number of urea groups is 1. The van der Waals surface area contributed by atoms with Gasteiger partial charge < -0.3 is 15.0 Å². The second-order valence-corrected chi connectivity index (χ2v) is 7.13. The average Bonchev–Trinajstić information content (AvgIpc) is 3.31. The van der Waals surface area contributed by atoms with Crippen molar-refractivity contribution in [3.8, 4) is 0 Å². The molecule has 0 saturated carbocycles. The van der Waals surface area contributed by atoms with E-state index in [1.54, 1.807) is 24.0 Å². The number of fused-ring (bicyclic) bond motifs is 1. The molecule has 2 aromatic heterocycles. The van der Waals surface area contributed by atoms with Crippen molar-refractivity contribution in [1.82, 2.24) is 25.1 Å². The van der Waals surface area contributed by atoms with E-state index in [0.29, 0.717) is 24.8 Å². The van der Waals surface area contributed by atoms with Gasteiger partial charge in [-0.25, -0.2) is 14.8 Å². The zero-order valence-corrected chi connectivity index (χ0v) is 15.3. The van der Waals surface area contributed by atoms with Crippen molar-refractivity contribution >= 4 is 33.3 Å². The predicted molar refractivity (Wildman–Crippen MR) is 99.0 cm³/mol. The van der Waals surface area contributed by atoms with Gasteiger partial charge in [0.1, 0.15) is 6.61 Å². The third-order valence-electron chi connectivity index (χ3n) is 4.47. The van der Waals surface area contributed by atoms with E-state index in [-0.39, 0.29) is 12.1 Å². The van der Waals surface area contributed by atoms with Crippen LogP contribution in [-0.4, -0.2) is 44.8 Å². The fraction of sp³-hybridized carbons (Fsp3) is 0.412. The molecule has 1 fully saturated rings. The number of hydrogen-bond donors (Lipinski definition) is 2. The van der Waals surface area contributed by atoms with Crippen molar-refractivity contribution < 1.29 is 9.53 Å². The number of carbonyl (C=O) groups excluding carboxylic acids is 1. The Hall–Kier alpha value is -2.52. The van der Waals surface area contributed by atoms with E-state index in [1.165, 1.54) is 0 Å². The number of rotatable bonds is 4. The van der Waals surface area contributed by atoms with Crippen LogP contribution in [0, 0.1) is 0 Å². The first kappa shape index (κ1) is 16.9. The second kappa shape index (κ2) is 7.38. The molecule has 4 rings (SSSR count). The van der Waals surface area contributed by atoms with Gasteiger partial charge in [-0.2, -0.15) is 5.10 Å². The number of piperidine rings is 1. The number of thiazole rings is 1. The molecule has 0 spiro atoms. The topological polar surface area (TPSA) is 96.0 Å². The minimum atomic E-state index is -0.128. The van der Waals surface area contributed by atoms with Gasteiger partial charge in [-0.3, -0.25) is 5.10 Å².